The number of aliphatic hydroxyl groups is 1. The second-order valence-corrected chi connectivity index (χ2v) is 6.66. The van der Waals surface area contributed by atoms with Crippen LogP contribution in [0, 0.1) is 0 Å². The van der Waals surface area contributed by atoms with Gasteiger partial charge in [0.25, 0.3) is 0 Å². The molecule has 0 saturated carbocycles. The molecule has 1 aromatic carbocycles. The van der Waals surface area contributed by atoms with E-state index in [1.807, 2.05) is 0 Å². The highest BCUT2D eigenvalue weighted by Crippen LogP contribution is 2.27. The first-order valence-corrected chi connectivity index (χ1v) is 8.24. The lowest BCUT2D eigenvalue weighted by molar-refractivity contribution is 0.275. The van der Waals surface area contributed by atoms with E-state index in [-0.39, 0.29) is 17.5 Å². The molecule has 0 aliphatic heterocycles. The maximum atomic E-state index is 12.3. The highest BCUT2D eigenvalue weighted by atomic mass is 79.9. The molecule has 0 saturated heterocycles. The molecule has 0 aliphatic rings. The minimum atomic E-state index is -3.67. The van der Waals surface area contributed by atoms with Crippen LogP contribution in [-0.4, -0.2) is 32.8 Å². The average Bonchev–Trinajstić information content (AvgIpc) is 2.31. The number of benzene rings is 1. The van der Waals surface area contributed by atoms with Crippen LogP contribution in [0.3, 0.4) is 0 Å². The molecule has 0 amide bonds. The highest BCUT2D eigenvalue weighted by Gasteiger charge is 2.22. The Morgan fingerprint density at radius 1 is 1.47 bits per heavy atom. The molecule has 19 heavy (non-hydrogen) atoms. The van der Waals surface area contributed by atoms with Crippen LogP contribution in [0.1, 0.15) is 20.3 Å². The third-order valence-corrected chi connectivity index (χ3v) is 4.52. The highest BCUT2D eigenvalue weighted by molar-refractivity contribution is 9.10. The number of nitrogens with one attached hydrogen (secondary N) is 1. The monoisotopic (exact) mass is 351 g/mol. The smallest absolute Gasteiger partial charge is 0.244 e. The number of halogens is 1. The molecule has 1 atom stereocenters. The van der Waals surface area contributed by atoms with Crippen molar-refractivity contribution in [1.82, 2.24) is 4.72 Å². The summed E-state index contributed by atoms with van der Waals surface area (Å²) in [6.07, 6.45) is 0.358. The van der Waals surface area contributed by atoms with E-state index in [9.17, 15) is 8.42 Å². The summed E-state index contributed by atoms with van der Waals surface area (Å²) in [5, 5.41) is 8.82. The minimum absolute atomic E-state index is 0.0690. The van der Waals surface area contributed by atoms with Crippen molar-refractivity contribution >= 4 is 26.0 Å². The third-order valence-electron chi connectivity index (χ3n) is 2.41. The summed E-state index contributed by atoms with van der Waals surface area (Å²) in [6, 6.07) is 4.49. The number of aliphatic hydroxyl groups excluding tert-OH is 1. The summed E-state index contributed by atoms with van der Waals surface area (Å²) in [6.45, 7) is 3.81. The summed E-state index contributed by atoms with van der Waals surface area (Å²) in [5.74, 6) is 0.314. The lowest BCUT2D eigenvalue weighted by atomic mass is 10.3. The van der Waals surface area contributed by atoms with E-state index < -0.39 is 10.0 Å². The molecular weight excluding hydrogens is 334 g/mol. The lowest BCUT2D eigenvalue weighted by Gasteiger charge is -2.15. The van der Waals surface area contributed by atoms with Gasteiger partial charge in [-0.15, -0.1) is 0 Å². The molecular formula is C12H18BrNO4S. The molecule has 0 radical (unpaired) electrons. The van der Waals surface area contributed by atoms with Crippen LogP contribution in [0.5, 0.6) is 5.75 Å². The van der Waals surface area contributed by atoms with E-state index in [1.54, 1.807) is 26.0 Å². The molecule has 5 nitrogen and oxygen atoms in total. The van der Waals surface area contributed by atoms with Gasteiger partial charge in [-0.3, -0.25) is 0 Å². The molecule has 0 fully saturated rings. The van der Waals surface area contributed by atoms with Crippen molar-refractivity contribution in [3.63, 3.8) is 0 Å². The van der Waals surface area contributed by atoms with Gasteiger partial charge in [-0.25, -0.2) is 13.1 Å². The first kappa shape index (κ1) is 16.4. The fourth-order valence-corrected chi connectivity index (χ4v) is 3.51. The van der Waals surface area contributed by atoms with E-state index >= 15 is 0 Å². The number of rotatable bonds is 7. The van der Waals surface area contributed by atoms with Gasteiger partial charge < -0.3 is 9.84 Å². The fraction of sp³-hybridized carbons (Fsp3) is 0.500. The predicted octanol–water partition coefficient (Wildman–Crippen LogP) is 1.90. The average molecular weight is 352 g/mol. The first-order valence-electron chi connectivity index (χ1n) is 5.96. The van der Waals surface area contributed by atoms with Crippen LogP contribution >= 0.6 is 15.9 Å². The molecule has 7 heteroatoms. The van der Waals surface area contributed by atoms with Gasteiger partial charge in [0.2, 0.25) is 10.0 Å². The van der Waals surface area contributed by atoms with Crippen molar-refractivity contribution in [2.45, 2.75) is 31.2 Å². The Bertz CT molecular complexity index is 518. The molecule has 1 aromatic rings. The molecule has 2 N–H and O–H groups in total. The zero-order valence-electron chi connectivity index (χ0n) is 10.9. The van der Waals surface area contributed by atoms with Crippen molar-refractivity contribution in [3.05, 3.63) is 22.7 Å². The predicted molar refractivity (Wildman–Crippen MR) is 76.8 cm³/mol. The molecule has 108 valence electrons. The molecule has 0 heterocycles. The summed E-state index contributed by atoms with van der Waals surface area (Å²) < 4.78 is 33.0. The van der Waals surface area contributed by atoms with Gasteiger partial charge >= 0.3 is 0 Å². The molecule has 0 aromatic heterocycles. The lowest BCUT2D eigenvalue weighted by Crippen LogP contribution is -2.33. The standard InChI is InChI=1S/C12H18BrNO4S/c1-3-18-11-5-4-10(13)8-12(11)19(16,17)14-9(2)6-7-15/h4-5,8-9,14-15H,3,6-7H2,1-2H3. The Balaban J connectivity index is 3.08. The van der Waals surface area contributed by atoms with Crippen molar-refractivity contribution in [3.8, 4) is 5.75 Å². The molecule has 0 spiro atoms. The van der Waals surface area contributed by atoms with Gasteiger partial charge in [-0.05, 0) is 38.5 Å². The van der Waals surface area contributed by atoms with E-state index in [0.29, 0.717) is 23.2 Å². The Labute approximate surface area is 122 Å². The Morgan fingerprint density at radius 2 is 2.16 bits per heavy atom. The Hall–Kier alpha value is -0.630. The topological polar surface area (TPSA) is 75.6 Å². The summed E-state index contributed by atoms with van der Waals surface area (Å²) in [7, 11) is -3.67. The summed E-state index contributed by atoms with van der Waals surface area (Å²) in [5.41, 5.74) is 0. The van der Waals surface area contributed by atoms with Gasteiger partial charge in [0, 0.05) is 17.1 Å². The SMILES string of the molecule is CCOc1ccc(Br)cc1S(=O)(=O)NC(C)CCO. The molecule has 1 rings (SSSR count). The quantitative estimate of drug-likeness (QED) is 0.786. The largest absolute Gasteiger partial charge is 0.492 e. The van der Waals surface area contributed by atoms with Gasteiger partial charge in [-0.1, -0.05) is 15.9 Å². The van der Waals surface area contributed by atoms with E-state index in [0.717, 1.165) is 0 Å². The zero-order valence-corrected chi connectivity index (χ0v) is 13.3. The number of hydrogen-bond acceptors (Lipinski definition) is 4. The van der Waals surface area contributed by atoms with Crippen LogP contribution in [0.25, 0.3) is 0 Å². The van der Waals surface area contributed by atoms with Crippen LogP contribution in [0.2, 0.25) is 0 Å². The molecule has 1 unspecified atom stereocenters. The van der Waals surface area contributed by atoms with Crippen LogP contribution in [0.15, 0.2) is 27.6 Å². The minimum Gasteiger partial charge on any atom is -0.492 e. The summed E-state index contributed by atoms with van der Waals surface area (Å²) >= 11 is 3.25. The summed E-state index contributed by atoms with van der Waals surface area (Å²) in [4.78, 5) is 0.0912. The van der Waals surface area contributed by atoms with Gasteiger partial charge in [0.1, 0.15) is 10.6 Å². The van der Waals surface area contributed by atoms with Gasteiger partial charge in [0.15, 0.2) is 0 Å². The Morgan fingerprint density at radius 3 is 2.74 bits per heavy atom. The maximum absolute atomic E-state index is 12.3. The Kier molecular flexibility index (Phi) is 6.25. The van der Waals surface area contributed by atoms with Crippen molar-refractivity contribution in [2.75, 3.05) is 13.2 Å². The van der Waals surface area contributed by atoms with Crippen LogP contribution < -0.4 is 9.46 Å². The van der Waals surface area contributed by atoms with Gasteiger partial charge in [0.05, 0.1) is 6.61 Å². The normalized spacial score (nSPS) is 13.3. The van der Waals surface area contributed by atoms with E-state index in [2.05, 4.69) is 20.7 Å². The van der Waals surface area contributed by atoms with Crippen molar-refractivity contribution in [2.24, 2.45) is 0 Å². The molecule has 0 bridgehead atoms. The second-order valence-electron chi connectivity index (χ2n) is 4.06. The fourth-order valence-electron chi connectivity index (χ4n) is 1.55. The van der Waals surface area contributed by atoms with E-state index in [4.69, 9.17) is 9.84 Å². The van der Waals surface area contributed by atoms with Crippen LogP contribution in [-0.2, 0) is 10.0 Å². The van der Waals surface area contributed by atoms with Crippen LogP contribution in [0.4, 0.5) is 0 Å². The second kappa shape index (κ2) is 7.23. The maximum Gasteiger partial charge on any atom is 0.244 e. The van der Waals surface area contributed by atoms with E-state index in [1.165, 1.54) is 6.07 Å². The number of ether oxygens (including phenoxy) is 1. The van der Waals surface area contributed by atoms with Crippen molar-refractivity contribution in [1.29, 1.82) is 0 Å². The van der Waals surface area contributed by atoms with Gasteiger partial charge in [-0.2, -0.15) is 0 Å². The number of hydrogen-bond donors (Lipinski definition) is 2. The molecule has 0 aliphatic carbocycles. The third kappa shape index (κ3) is 4.76. The zero-order chi connectivity index (χ0) is 14.5. The number of sulfonamides is 1. The van der Waals surface area contributed by atoms with Crippen molar-refractivity contribution < 1.29 is 18.3 Å². The first-order chi connectivity index (χ1) is 8.90.